The van der Waals surface area contributed by atoms with Gasteiger partial charge in [-0.1, -0.05) is 23.9 Å². The van der Waals surface area contributed by atoms with Crippen molar-refractivity contribution < 1.29 is 58.3 Å². The van der Waals surface area contributed by atoms with Crippen LogP contribution in [0.1, 0.15) is 11.1 Å². The molecule has 2 saturated heterocycles. The molecule has 2 fully saturated rings. The number of carbonyl (C=O) groups excluding carboxylic acids is 4. The van der Waals surface area contributed by atoms with Crippen molar-refractivity contribution in [2.75, 3.05) is 53.5 Å². The molecule has 0 spiro atoms. The Bertz CT molecular complexity index is 1770. The maximum absolute atomic E-state index is 12.9. The predicted octanol–water partition coefficient (Wildman–Crippen LogP) is 2.41. The molecule has 4 rings (SSSR count). The van der Waals surface area contributed by atoms with Crippen molar-refractivity contribution in [2.45, 2.75) is 21.9 Å². The van der Waals surface area contributed by atoms with Gasteiger partial charge in [-0.3, -0.25) is 29.8 Å². The molecule has 2 aliphatic heterocycles. The predicted molar refractivity (Wildman–Crippen MR) is 183 cm³/mol. The summed E-state index contributed by atoms with van der Waals surface area (Å²) in [5, 5.41) is 43.3. The molecule has 4 amide bonds. The molecule has 21 heteroatoms. The van der Waals surface area contributed by atoms with Gasteiger partial charge in [0.2, 0.25) is 11.8 Å². The second kappa shape index (κ2) is 17.1. The molecule has 2 aromatic carbocycles. The third kappa shape index (κ3) is 9.44. The molecular formula is C32H32N6O14S. The lowest BCUT2D eigenvalue weighted by Crippen LogP contribution is -2.59. The van der Waals surface area contributed by atoms with Crippen molar-refractivity contribution in [3.05, 3.63) is 79.9 Å². The second-order valence-electron chi connectivity index (χ2n) is 11.3. The first-order chi connectivity index (χ1) is 25.1. The fraction of sp³-hybridized carbons (Fsp3) is 0.312. The summed E-state index contributed by atoms with van der Waals surface area (Å²) < 4.78 is 9.24. The van der Waals surface area contributed by atoms with Crippen LogP contribution in [0.5, 0.6) is 0 Å². The van der Waals surface area contributed by atoms with E-state index in [1.807, 2.05) is 0 Å². The fourth-order valence-corrected chi connectivity index (χ4v) is 6.47. The van der Waals surface area contributed by atoms with Crippen molar-refractivity contribution in [3.63, 3.8) is 0 Å². The molecule has 0 saturated carbocycles. The zero-order valence-corrected chi connectivity index (χ0v) is 28.9. The summed E-state index contributed by atoms with van der Waals surface area (Å²) in [4.78, 5) is 100. The van der Waals surface area contributed by atoms with Crippen LogP contribution in [0.15, 0.2) is 58.3 Å². The van der Waals surface area contributed by atoms with E-state index in [-0.39, 0.29) is 60.2 Å². The minimum atomic E-state index is -1.36. The molecule has 2 unspecified atom stereocenters. The second-order valence-corrected chi connectivity index (χ2v) is 12.4. The molecule has 280 valence electrons. The number of hydrogen-bond donors (Lipinski definition) is 2. The van der Waals surface area contributed by atoms with Gasteiger partial charge in [0.15, 0.2) is 0 Å². The summed E-state index contributed by atoms with van der Waals surface area (Å²) in [5.74, 6) is -4.11. The van der Waals surface area contributed by atoms with Gasteiger partial charge in [0.25, 0.3) is 11.4 Å². The molecule has 2 atom stereocenters. The standard InChI is InChI=1S/C32H32N6O14S/c1-51-31(45)33-11-13-35(23(17-33)29(41)42)27(39)9-5-19-3-7-25(21(15-19)37(47)48)53-26-8-4-20(16-22(26)38(49)50)6-10-28(40)36-14-12-34(32(46)52-2)18-24(36)30(43)44/h3-10,15-16,23-24H,11-14,17-18H2,1-2H3,(H,41,42)(H,43,44)/b9-5+,10-6+. The molecule has 0 radical (unpaired) electrons. The van der Waals surface area contributed by atoms with Crippen LogP contribution in [0, 0.1) is 20.2 Å². The maximum atomic E-state index is 12.9. The summed E-state index contributed by atoms with van der Waals surface area (Å²) in [6, 6.07) is 5.07. The number of hydrogen-bond acceptors (Lipinski definition) is 13. The van der Waals surface area contributed by atoms with Crippen molar-refractivity contribution in [1.82, 2.24) is 19.6 Å². The number of aliphatic carboxylic acids is 2. The third-order valence-electron chi connectivity index (χ3n) is 8.18. The van der Waals surface area contributed by atoms with Crippen LogP contribution in [0.2, 0.25) is 0 Å². The van der Waals surface area contributed by atoms with Crippen molar-refractivity contribution in [3.8, 4) is 0 Å². The number of carboxylic acids is 2. The lowest BCUT2D eigenvalue weighted by atomic mass is 10.1. The first-order valence-electron chi connectivity index (χ1n) is 15.5. The number of nitro benzene ring substituents is 2. The molecule has 2 N–H and O–H groups in total. The van der Waals surface area contributed by atoms with E-state index in [1.54, 1.807) is 0 Å². The molecule has 2 aliphatic rings. The van der Waals surface area contributed by atoms with Gasteiger partial charge in [0, 0.05) is 50.5 Å². The lowest BCUT2D eigenvalue weighted by Gasteiger charge is -2.38. The van der Waals surface area contributed by atoms with Gasteiger partial charge in [-0.25, -0.2) is 19.2 Å². The third-order valence-corrected chi connectivity index (χ3v) is 9.31. The monoisotopic (exact) mass is 756 g/mol. The van der Waals surface area contributed by atoms with Crippen molar-refractivity contribution >= 4 is 71.2 Å². The van der Waals surface area contributed by atoms with Crippen molar-refractivity contribution in [2.24, 2.45) is 0 Å². The van der Waals surface area contributed by atoms with Gasteiger partial charge in [-0.15, -0.1) is 0 Å². The summed E-state index contributed by atoms with van der Waals surface area (Å²) >= 11 is 0.728. The Morgan fingerprint density at radius 3 is 1.40 bits per heavy atom. The zero-order chi connectivity index (χ0) is 39.0. The SMILES string of the molecule is COC(=O)N1CCN(C(=O)/C=C/c2ccc(Sc3ccc(/C=C/C(=O)N4CCN(C(=O)OC)CC4C(=O)O)cc3[N+](=O)[O-])c([N+](=O)[O-])c2)C(C(=O)O)C1. The Morgan fingerprint density at radius 2 is 1.08 bits per heavy atom. The molecule has 0 aromatic heterocycles. The summed E-state index contributed by atoms with van der Waals surface area (Å²) in [6.07, 6.45) is 3.10. The van der Waals surface area contributed by atoms with Crippen LogP contribution in [-0.4, -0.2) is 141 Å². The smallest absolute Gasteiger partial charge is 0.409 e. The zero-order valence-electron chi connectivity index (χ0n) is 28.1. The lowest BCUT2D eigenvalue weighted by molar-refractivity contribution is -0.388. The molecule has 53 heavy (non-hydrogen) atoms. The number of ether oxygens (including phenoxy) is 2. The van der Waals surface area contributed by atoms with Gasteiger partial charge in [0.05, 0.1) is 46.9 Å². The van der Waals surface area contributed by atoms with Gasteiger partial charge in [-0.05, 0) is 35.4 Å². The Kier molecular flexibility index (Phi) is 12.7. The summed E-state index contributed by atoms with van der Waals surface area (Å²) in [6.45, 7) is -0.750. The Morgan fingerprint density at radius 1 is 0.698 bits per heavy atom. The number of piperazine rings is 2. The summed E-state index contributed by atoms with van der Waals surface area (Å²) in [5.41, 5.74) is -0.482. The first kappa shape index (κ1) is 39.3. The number of nitrogens with zero attached hydrogens (tertiary/aromatic N) is 6. The van der Waals surface area contributed by atoms with Crippen LogP contribution in [-0.2, 0) is 28.7 Å². The number of rotatable bonds is 10. The number of methoxy groups -OCH3 is 2. The van der Waals surface area contributed by atoms with E-state index in [0.717, 1.165) is 69.9 Å². The van der Waals surface area contributed by atoms with Crippen LogP contribution in [0.25, 0.3) is 12.2 Å². The molecular weight excluding hydrogens is 724 g/mol. The number of nitro groups is 2. The quantitative estimate of drug-likeness (QED) is 0.200. The normalized spacial score (nSPS) is 17.5. The van der Waals surface area contributed by atoms with E-state index in [4.69, 9.17) is 0 Å². The van der Waals surface area contributed by atoms with Gasteiger partial charge in [0.1, 0.15) is 12.1 Å². The average molecular weight is 757 g/mol. The van der Waals surface area contributed by atoms with Crippen molar-refractivity contribution in [1.29, 1.82) is 0 Å². The van der Waals surface area contributed by atoms with E-state index in [9.17, 15) is 59.2 Å². The van der Waals surface area contributed by atoms with E-state index in [1.165, 1.54) is 36.4 Å². The number of amides is 4. The van der Waals surface area contributed by atoms with Crippen LogP contribution in [0.3, 0.4) is 0 Å². The fourth-order valence-electron chi connectivity index (χ4n) is 5.49. The molecule has 0 aliphatic carbocycles. The Hall–Kier alpha value is -6.51. The van der Waals surface area contributed by atoms with Crippen LogP contribution >= 0.6 is 11.8 Å². The van der Waals surface area contributed by atoms with Crippen LogP contribution < -0.4 is 0 Å². The van der Waals surface area contributed by atoms with E-state index in [0.29, 0.717) is 0 Å². The van der Waals surface area contributed by atoms with E-state index >= 15 is 0 Å². The highest BCUT2D eigenvalue weighted by atomic mass is 32.2. The van der Waals surface area contributed by atoms with Crippen LogP contribution in [0.4, 0.5) is 21.0 Å². The van der Waals surface area contributed by atoms with Gasteiger partial charge in [-0.2, -0.15) is 0 Å². The Labute approximate surface area is 304 Å². The average Bonchev–Trinajstić information content (AvgIpc) is 3.15. The molecule has 0 bridgehead atoms. The molecule has 20 nitrogen and oxygen atoms in total. The largest absolute Gasteiger partial charge is 0.480 e. The number of carbonyl (C=O) groups is 6. The number of benzene rings is 2. The first-order valence-corrected chi connectivity index (χ1v) is 16.3. The summed E-state index contributed by atoms with van der Waals surface area (Å²) in [7, 11) is 2.29. The minimum Gasteiger partial charge on any atom is -0.480 e. The topological polar surface area (TPSA) is 261 Å². The maximum Gasteiger partial charge on any atom is 0.409 e. The van der Waals surface area contributed by atoms with E-state index in [2.05, 4.69) is 9.47 Å². The number of carboxylic acid groups (broad SMARTS) is 2. The highest BCUT2D eigenvalue weighted by molar-refractivity contribution is 7.99. The van der Waals surface area contributed by atoms with E-state index < -0.39 is 69.2 Å². The van der Waals surface area contributed by atoms with Gasteiger partial charge < -0.3 is 39.3 Å². The Balaban J connectivity index is 1.50. The molecule has 2 heterocycles. The highest BCUT2D eigenvalue weighted by Crippen LogP contribution is 2.40. The molecule has 2 aromatic rings. The minimum absolute atomic E-state index is 0.0238. The highest BCUT2D eigenvalue weighted by Gasteiger charge is 2.38. The van der Waals surface area contributed by atoms with Gasteiger partial charge >= 0.3 is 24.1 Å².